The molecule has 0 saturated heterocycles. The molecule has 7 heteroatoms. The van der Waals surface area contributed by atoms with Crippen LogP contribution in [0.25, 0.3) is 0 Å². The minimum Gasteiger partial charge on any atom is -0.481 e. The molecule has 0 aliphatic rings. The molecule has 2 N–H and O–H groups in total. The van der Waals surface area contributed by atoms with Gasteiger partial charge in [0.05, 0.1) is 11.9 Å². The molecule has 7 nitrogen and oxygen atoms in total. The van der Waals surface area contributed by atoms with E-state index in [1.54, 1.807) is 24.1 Å². The van der Waals surface area contributed by atoms with E-state index >= 15 is 0 Å². The smallest absolute Gasteiger partial charge is 0.321 e. The standard InChI is InChI=1S/C12H20N4O3/c1-9(2)16-8-10(7-13-16)14-12(19)15(3)6-4-5-11(17)18/h7-9H,4-6H2,1-3H3,(H,14,19)(H,17,18). The molecule has 2 amide bonds. The maximum absolute atomic E-state index is 11.8. The minimum absolute atomic E-state index is 0.0584. The van der Waals surface area contributed by atoms with Gasteiger partial charge < -0.3 is 15.3 Å². The lowest BCUT2D eigenvalue weighted by atomic mass is 10.3. The molecule has 0 aliphatic carbocycles. The van der Waals surface area contributed by atoms with Crippen molar-refractivity contribution >= 4 is 17.7 Å². The van der Waals surface area contributed by atoms with Gasteiger partial charge in [-0.1, -0.05) is 0 Å². The summed E-state index contributed by atoms with van der Waals surface area (Å²) in [7, 11) is 1.63. The second-order valence-corrected chi connectivity index (χ2v) is 4.65. The van der Waals surface area contributed by atoms with E-state index in [9.17, 15) is 9.59 Å². The number of nitrogens with one attached hydrogen (secondary N) is 1. The Morgan fingerprint density at radius 1 is 1.53 bits per heavy atom. The van der Waals surface area contributed by atoms with E-state index in [4.69, 9.17) is 5.11 Å². The molecule has 0 fully saturated rings. The molecule has 0 bridgehead atoms. The van der Waals surface area contributed by atoms with Crippen LogP contribution in [-0.2, 0) is 4.79 Å². The fraction of sp³-hybridized carbons (Fsp3) is 0.583. The first-order valence-electron chi connectivity index (χ1n) is 6.18. The van der Waals surface area contributed by atoms with Crippen LogP contribution in [-0.4, -0.2) is 45.4 Å². The largest absolute Gasteiger partial charge is 0.481 e. The molecule has 1 aromatic rings. The average Bonchev–Trinajstić information content (AvgIpc) is 2.76. The fourth-order valence-electron chi connectivity index (χ4n) is 1.47. The van der Waals surface area contributed by atoms with Crippen LogP contribution in [0.15, 0.2) is 12.4 Å². The van der Waals surface area contributed by atoms with E-state index in [-0.39, 0.29) is 18.5 Å². The molecule has 1 rings (SSSR count). The number of aromatic nitrogens is 2. The topological polar surface area (TPSA) is 87.5 Å². The molecule has 0 aromatic carbocycles. The first kappa shape index (κ1) is 15.0. The summed E-state index contributed by atoms with van der Waals surface area (Å²) in [6, 6.07) is -0.0346. The van der Waals surface area contributed by atoms with Gasteiger partial charge in [-0.05, 0) is 20.3 Å². The molecule has 0 atom stereocenters. The van der Waals surface area contributed by atoms with E-state index in [2.05, 4.69) is 10.4 Å². The summed E-state index contributed by atoms with van der Waals surface area (Å²) >= 11 is 0. The summed E-state index contributed by atoms with van der Waals surface area (Å²) < 4.78 is 1.75. The Morgan fingerprint density at radius 3 is 2.74 bits per heavy atom. The highest BCUT2D eigenvalue weighted by Gasteiger charge is 2.10. The third-order valence-electron chi connectivity index (χ3n) is 2.61. The third kappa shape index (κ3) is 4.99. The number of nitrogens with zero attached hydrogens (tertiary/aromatic N) is 3. The Kier molecular flexibility index (Phi) is 5.35. The predicted octanol–water partition coefficient (Wildman–Crippen LogP) is 1.79. The van der Waals surface area contributed by atoms with Gasteiger partial charge in [0, 0.05) is 32.3 Å². The van der Waals surface area contributed by atoms with Crippen LogP contribution in [0.2, 0.25) is 0 Å². The van der Waals surface area contributed by atoms with Crippen molar-refractivity contribution in [1.82, 2.24) is 14.7 Å². The maximum Gasteiger partial charge on any atom is 0.321 e. The zero-order valence-electron chi connectivity index (χ0n) is 11.5. The highest BCUT2D eigenvalue weighted by atomic mass is 16.4. The summed E-state index contributed by atoms with van der Waals surface area (Å²) in [5.41, 5.74) is 0.629. The Labute approximate surface area is 112 Å². The van der Waals surface area contributed by atoms with Gasteiger partial charge in [-0.15, -0.1) is 0 Å². The van der Waals surface area contributed by atoms with Crippen LogP contribution in [0, 0.1) is 0 Å². The van der Waals surface area contributed by atoms with Gasteiger partial charge in [-0.2, -0.15) is 5.10 Å². The molecular formula is C12H20N4O3. The van der Waals surface area contributed by atoms with Crippen LogP contribution >= 0.6 is 0 Å². The van der Waals surface area contributed by atoms with Gasteiger partial charge in [-0.25, -0.2) is 4.79 Å². The van der Waals surface area contributed by atoms with Gasteiger partial charge in [-0.3, -0.25) is 9.48 Å². The van der Waals surface area contributed by atoms with Gasteiger partial charge >= 0.3 is 12.0 Å². The molecule has 1 heterocycles. The fourth-order valence-corrected chi connectivity index (χ4v) is 1.47. The quantitative estimate of drug-likeness (QED) is 0.823. The highest BCUT2D eigenvalue weighted by Crippen LogP contribution is 2.10. The Hall–Kier alpha value is -2.05. The predicted molar refractivity (Wildman–Crippen MR) is 71.1 cm³/mol. The molecular weight excluding hydrogens is 248 g/mol. The normalized spacial score (nSPS) is 10.5. The first-order valence-corrected chi connectivity index (χ1v) is 6.18. The monoisotopic (exact) mass is 268 g/mol. The van der Waals surface area contributed by atoms with E-state index in [0.717, 1.165) is 0 Å². The van der Waals surface area contributed by atoms with Crippen molar-refractivity contribution < 1.29 is 14.7 Å². The number of amides is 2. The number of urea groups is 1. The van der Waals surface area contributed by atoms with Gasteiger partial charge in [0.15, 0.2) is 0 Å². The number of aliphatic carboxylic acids is 1. The average molecular weight is 268 g/mol. The van der Waals surface area contributed by atoms with E-state index in [1.807, 2.05) is 13.8 Å². The Balaban J connectivity index is 2.42. The van der Waals surface area contributed by atoms with Crippen LogP contribution < -0.4 is 5.32 Å². The zero-order valence-corrected chi connectivity index (χ0v) is 11.5. The number of carboxylic acids is 1. The number of carbonyl (C=O) groups excluding carboxylic acids is 1. The van der Waals surface area contributed by atoms with E-state index < -0.39 is 5.97 Å². The van der Waals surface area contributed by atoms with E-state index in [1.165, 1.54) is 4.90 Å². The van der Waals surface area contributed by atoms with Gasteiger partial charge in [0.1, 0.15) is 0 Å². The molecule has 106 valence electrons. The SMILES string of the molecule is CC(C)n1cc(NC(=O)N(C)CCCC(=O)O)cn1. The van der Waals surface area contributed by atoms with Crippen molar-refractivity contribution in [2.75, 3.05) is 18.9 Å². The van der Waals surface area contributed by atoms with Crippen LogP contribution in [0.4, 0.5) is 10.5 Å². The minimum atomic E-state index is -0.855. The first-order chi connectivity index (χ1) is 8.90. The number of carboxylic acid groups (broad SMARTS) is 1. The summed E-state index contributed by atoms with van der Waals surface area (Å²) in [6.07, 6.45) is 3.84. The lowest BCUT2D eigenvalue weighted by molar-refractivity contribution is -0.137. The van der Waals surface area contributed by atoms with Crippen molar-refractivity contribution in [1.29, 1.82) is 0 Å². The lowest BCUT2D eigenvalue weighted by Gasteiger charge is -2.16. The Morgan fingerprint density at radius 2 is 2.21 bits per heavy atom. The summed E-state index contributed by atoms with van der Waals surface area (Å²) in [5.74, 6) is -0.855. The lowest BCUT2D eigenvalue weighted by Crippen LogP contribution is -2.32. The Bertz CT molecular complexity index is 442. The van der Waals surface area contributed by atoms with Crippen LogP contribution in [0.3, 0.4) is 0 Å². The van der Waals surface area contributed by atoms with Crippen molar-refractivity contribution in [2.45, 2.75) is 32.7 Å². The number of anilines is 1. The van der Waals surface area contributed by atoms with Crippen molar-refractivity contribution in [2.24, 2.45) is 0 Å². The number of rotatable bonds is 6. The molecule has 1 aromatic heterocycles. The number of hydrogen-bond acceptors (Lipinski definition) is 3. The van der Waals surface area contributed by atoms with E-state index in [0.29, 0.717) is 18.7 Å². The van der Waals surface area contributed by atoms with Gasteiger partial charge in [0.25, 0.3) is 0 Å². The summed E-state index contributed by atoms with van der Waals surface area (Å²) in [5, 5.41) is 15.4. The second kappa shape index (κ2) is 6.77. The van der Waals surface area contributed by atoms with Crippen LogP contribution in [0.5, 0.6) is 0 Å². The van der Waals surface area contributed by atoms with Crippen LogP contribution in [0.1, 0.15) is 32.7 Å². The summed E-state index contributed by atoms with van der Waals surface area (Å²) in [4.78, 5) is 23.6. The van der Waals surface area contributed by atoms with Crippen molar-refractivity contribution in [3.8, 4) is 0 Å². The third-order valence-corrected chi connectivity index (χ3v) is 2.61. The number of carbonyl (C=O) groups is 2. The zero-order chi connectivity index (χ0) is 14.4. The van der Waals surface area contributed by atoms with Crippen molar-refractivity contribution in [3.05, 3.63) is 12.4 Å². The molecule has 0 saturated carbocycles. The molecule has 19 heavy (non-hydrogen) atoms. The molecule has 0 radical (unpaired) electrons. The van der Waals surface area contributed by atoms with Gasteiger partial charge in [0.2, 0.25) is 0 Å². The molecule has 0 spiro atoms. The maximum atomic E-state index is 11.8. The molecule has 0 unspecified atom stereocenters. The second-order valence-electron chi connectivity index (χ2n) is 4.65. The van der Waals surface area contributed by atoms with Crippen molar-refractivity contribution in [3.63, 3.8) is 0 Å². The summed E-state index contributed by atoms with van der Waals surface area (Å²) in [6.45, 7) is 4.39. The molecule has 0 aliphatic heterocycles. The number of hydrogen-bond donors (Lipinski definition) is 2. The highest BCUT2D eigenvalue weighted by molar-refractivity contribution is 5.88.